The number of benzene rings is 1. The first kappa shape index (κ1) is 31.8. The molecule has 236 valence electrons. The molecule has 0 saturated carbocycles. The van der Waals surface area contributed by atoms with Crippen LogP contribution in [0, 0.1) is 5.92 Å². The molecule has 4 aliphatic heterocycles. The van der Waals surface area contributed by atoms with Gasteiger partial charge in [-0.3, -0.25) is 4.79 Å². The molecular weight excluding hydrogens is 564 g/mol. The van der Waals surface area contributed by atoms with Crippen LogP contribution in [0.5, 0.6) is 0 Å². The average molecular weight is 609 g/mol. The van der Waals surface area contributed by atoms with Gasteiger partial charge in [0.2, 0.25) is 0 Å². The maximum Gasteiger partial charge on any atom is 0.410 e. The van der Waals surface area contributed by atoms with Crippen LogP contribution in [0.3, 0.4) is 0 Å². The summed E-state index contributed by atoms with van der Waals surface area (Å²) in [5, 5.41) is 3.11. The van der Waals surface area contributed by atoms with Gasteiger partial charge in [0.25, 0.3) is 5.91 Å². The first-order valence-corrected chi connectivity index (χ1v) is 16.9. The molecule has 2 atom stereocenters. The number of carbonyl (C=O) groups is 3. The molecule has 1 aromatic rings. The minimum atomic E-state index is -0.953. The molecular formula is C34H45B2N5O4. The van der Waals surface area contributed by atoms with E-state index in [1.54, 1.807) is 17.0 Å². The number of rotatable bonds is 6. The van der Waals surface area contributed by atoms with Crippen molar-refractivity contribution in [3.8, 4) is 0 Å². The second-order valence-corrected chi connectivity index (χ2v) is 13.5. The van der Waals surface area contributed by atoms with Crippen molar-refractivity contribution in [1.29, 1.82) is 0 Å². The molecule has 6 rings (SSSR count). The molecule has 4 fully saturated rings. The summed E-state index contributed by atoms with van der Waals surface area (Å²) in [7, 11) is 12.0. The number of hydrogen-bond donors (Lipinski definition) is 1. The molecule has 11 heteroatoms. The molecule has 0 bridgehead atoms. The van der Waals surface area contributed by atoms with E-state index in [-0.39, 0.29) is 24.4 Å². The van der Waals surface area contributed by atoms with Crippen molar-refractivity contribution >= 4 is 44.6 Å². The van der Waals surface area contributed by atoms with Gasteiger partial charge in [-0.25, -0.2) is 9.59 Å². The summed E-state index contributed by atoms with van der Waals surface area (Å²) < 4.78 is 6.01. The maximum atomic E-state index is 13.9. The molecule has 4 heterocycles. The molecule has 1 aromatic carbocycles. The fourth-order valence-electron chi connectivity index (χ4n) is 7.63. The van der Waals surface area contributed by atoms with E-state index in [1.807, 2.05) is 15.9 Å². The Morgan fingerprint density at radius 2 is 1.62 bits per heavy atom. The maximum absolute atomic E-state index is 13.9. The van der Waals surface area contributed by atoms with Crippen LogP contribution >= 0.6 is 0 Å². The highest BCUT2D eigenvalue weighted by molar-refractivity contribution is 6.48. The van der Waals surface area contributed by atoms with Crippen molar-refractivity contribution in [3.05, 3.63) is 47.2 Å². The summed E-state index contributed by atoms with van der Waals surface area (Å²) in [5.41, 5.74) is 3.87. The zero-order valence-electron chi connectivity index (χ0n) is 26.6. The monoisotopic (exact) mass is 609 g/mol. The third-order valence-electron chi connectivity index (χ3n) is 10.3. The Balaban J connectivity index is 1.07. The third kappa shape index (κ3) is 7.45. The van der Waals surface area contributed by atoms with Crippen molar-refractivity contribution < 1.29 is 19.1 Å². The van der Waals surface area contributed by atoms with Gasteiger partial charge in [-0.05, 0) is 81.5 Å². The zero-order valence-corrected chi connectivity index (χ0v) is 26.6. The molecule has 4 saturated heterocycles. The highest BCUT2D eigenvalue weighted by Crippen LogP contribution is 2.29. The van der Waals surface area contributed by atoms with Gasteiger partial charge in [0, 0.05) is 56.9 Å². The lowest BCUT2D eigenvalue weighted by Crippen LogP contribution is -2.52. The highest BCUT2D eigenvalue weighted by Gasteiger charge is 2.36. The average Bonchev–Trinajstić information content (AvgIpc) is 3.53. The van der Waals surface area contributed by atoms with E-state index in [0.29, 0.717) is 68.5 Å². The Labute approximate surface area is 270 Å². The van der Waals surface area contributed by atoms with E-state index in [4.69, 9.17) is 20.4 Å². The van der Waals surface area contributed by atoms with Gasteiger partial charge < -0.3 is 29.7 Å². The van der Waals surface area contributed by atoms with Crippen LogP contribution in [0.4, 0.5) is 9.59 Å². The number of carbonyl (C=O) groups excluding carboxylic acids is 3. The number of nitrogens with one attached hydrogen (secondary N) is 1. The summed E-state index contributed by atoms with van der Waals surface area (Å²) in [6, 6.07) is 5.80. The van der Waals surface area contributed by atoms with Gasteiger partial charge >= 0.3 is 12.1 Å². The Morgan fingerprint density at radius 3 is 2.33 bits per heavy atom. The van der Waals surface area contributed by atoms with Crippen LogP contribution in [0.15, 0.2) is 41.6 Å². The molecule has 4 radical (unpaired) electrons. The van der Waals surface area contributed by atoms with Crippen molar-refractivity contribution in [3.63, 3.8) is 0 Å². The van der Waals surface area contributed by atoms with Gasteiger partial charge in [0.05, 0.1) is 0 Å². The number of likely N-dealkylation sites (tertiary alicyclic amines) is 3. The number of piperidine rings is 2. The van der Waals surface area contributed by atoms with Crippen molar-refractivity contribution in [1.82, 2.24) is 24.9 Å². The Morgan fingerprint density at radius 1 is 0.933 bits per heavy atom. The topological polar surface area (TPSA) is 85.4 Å². The van der Waals surface area contributed by atoms with E-state index >= 15 is 0 Å². The minimum absolute atomic E-state index is 0.0416. The zero-order chi connectivity index (χ0) is 31.5. The van der Waals surface area contributed by atoms with E-state index in [1.165, 1.54) is 18.4 Å². The number of hydrogen-bond acceptors (Lipinski definition) is 5. The van der Waals surface area contributed by atoms with Crippen molar-refractivity contribution in [2.24, 2.45) is 5.92 Å². The quantitative estimate of drug-likeness (QED) is 0.500. The Hall–Kier alpha value is -3.20. The summed E-state index contributed by atoms with van der Waals surface area (Å²) in [4.78, 5) is 48.5. The number of urea groups is 1. The number of allylic oxidation sites excluding steroid dienone is 3. The number of nitrogens with zero attached hydrogens (tertiary/aromatic N) is 4. The summed E-state index contributed by atoms with van der Waals surface area (Å²) >= 11 is 0. The van der Waals surface area contributed by atoms with Gasteiger partial charge in [-0.1, -0.05) is 37.3 Å². The molecule has 4 amide bonds. The minimum Gasteiger partial charge on any atom is -0.436 e. The molecule has 0 unspecified atom stereocenters. The fraction of sp³-hybridized carbons (Fsp3) is 0.618. The van der Waals surface area contributed by atoms with E-state index in [2.05, 4.69) is 29.3 Å². The molecule has 0 aromatic heterocycles. The first-order valence-electron chi connectivity index (χ1n) is 16.9. The predicted octanol–water partition coefficient (Wildman–Crippen LogP) is 2.14. The fourth-order valence-corrected chi connectivity index (χ4v) is 7.63. The van der Waals surface area contributed by atoms with E-state index in [9.17, 15) is 14.4 Å². The Bertz CT molecular complexity index is 1330. The summed E-state index contributed by atoms with van der Waals surface area (Å²) in [6.45, 7) is 7.39. The standard InChI is InChI=1S/C34H45B2N5O4/c1-23-4-7-30-25(20-23)8-19-41(33(43)37-30)27-11-17-40(18-12-27)34(44)45-31(22-24-5-6-28(35)29(36)21-24)32(42)39-15-9-26(10-16-39)38-13-2-3-14-38/h5-7,20-21,23,26-27,31H,2-4,8-19,22H2,1H3,(H,37,43)/t23-,31+/m0/s1. The lowest BCUT2D eigenvalue weighted by atomic mass is 9.79. The van der Waals surface area contributed by atoms with Crippen LogP contribution in [-0.2, 0) is 16.0 Å². The third-order valence-corrected chi connectivity index (χ3v) is 10.3. The summed E-state index contributed by atoms with van der Waals surface area (Å²) in [5.74, 6) is 0.324. The molecule has 5 aliphatic rings. The number of amides is 4. The smallest absolute Gasteiger partial charge is 0.410 e. The van der Waals surface area contributed by atoms with Crippen LogP contribution in [0.1, 0.15) is 63.9 Å². The van der Waals surface area contributed by atoms with E-state index < -0.39 is 12.2 Å². The summed E-state index contributed by atoms with van der Waals surface area (Å²) in [6.07, 6.45) is 10.6. The molecule has 0 spiro atoms. The highest BCUT2D eigenvalue weighted by atomic mass is 16.6. The van der Waals surface area contributed by atoms with Crippen LogP contribution in [0.2, 0.25) is 0 Å². The SMILES string of the molecule is [B]c1ccc(C[C@@H](OC(=O)N2CCC(N3CCC4=C[C@@H](C)CC=C4NC3=O)CC2)C(=O)N2CCC(N3CCCC3)CC2)cc1[B]. The van der Waals surface area contributed by atoms with Gasteiger partial charge in [0.1, 0.15) is 15.7 Å². The first-order chi connectivity index (χ1) is 21.7. The number of ether oxygens (including phenoxy) is 1. The van der Waals surface area contributed by atoms with Crippen molar-refractivity contribution in [2.75, 3.05) is 45.8 Å². The van der Waals surface area contributed by atoms with Gasteiger partial charge in [-0.2, -0.15) is 0 Å². The molecule has 45 heavy (non-hydrogen) atoms. The van der Waals surface area contributed by atoms with Crippen LogP contribution < -0.4 is 16.2 Å². The lowest BCUT2D eigenvalue weighted by Gasteiger charge is -2.39. The van der Waals surface area contributed by atoms with E-state index in [0.717, 1.165) is 50.0 Å². The second kappa shape index (κ2) is 14.1. The van der Waals surface area contributed by atoms with Crippen molar-refractivity contribution in [2.45, 2.75) is 82.9 Å². The largest absolute Gasteiger partial charge is 0.436 e. The molecule has 1 N–H and O–H groups in total. The van der Waals surface area contributed by atoms with Gasteiger partial charge in [-0.15, -0.1) is 10.9 Å². The normalized spacial score (nSPS) is 24.3. The second-order valence-electron chi connectivity index (χ2n) is 13.5. The number of fused-ring (bicyclic) bond motifs is 1. The van der Waals surface area contributed by atoms with Crippen LogP contribution in [-0.4, -0.2) is 117 Å². The Kier molecular flexibility index (Phi) is 9.93. The molecule has 1 aliphatic carbocycles. The molecule has 9 nitrogen and oxygen atoms in total. The van der Waals surface area contributed by atoms with Gasteiger partial charge in [0.15, 0.2) is 6.10 Å². The lowest BCUT2D eigenvalue weighted by molar-refractivity contribution is -0.142. The van der Waals surface area contributed by atoms with Crippen LogP contribution in [0.25, 0.3) is 0 Å². The predicted molar refractivity (Wildman–Crippen MR) is 176 cm³/mol.